The number of ether oxygens (including phenoxy) is 1. The first-order valence-electron chi connectivity index (χ1n) is 8.67. The number of nitrogens with one attached hydrogen (secondary N) is 2. The lowest BCUT2D eigenvalue weighted by Gasteiger charge is -2.22. The molecule has 166 valence electrons. The van der Waals surface area contributed by atoms with Crippen LogP contribution in [0.4, 0.5) is 8.78 Å². The molecule has 30 heavy (non-hydrogen) atoms. The van der Waals surface area contributed by atoms with Gasteiger partial charge in [-0.3, -0.25) is 9.98 Å². The first-order valence-corrected chi connectivity index (χ1v) is 10.2. The molecular weight excluding hydrogens is 531 g/mol. The summed E-state index contributed by atoms with van der Waals surface area (Å²) in [5.41, 5.74) is 0.870. The number of hydrogen-bond acceptors (Lipinski definition) is 5. The maximum Gasteiger partial charge on any atom is 0.387 e. The zero-order valence-electron chi connectivity index (χ0n) is 16.5. The average Bonchev–Trinajstić information content (AvgIpc) is 2.69. The quantitative estimate of drug-likeness (QED) is 0.214. The maximum absolute atomic E-state index is 12.2. The van der Waals surface area contributed by atoms with Crippen molar-refractivity contribution in [2.45, 2.75) is 18.1 Å². The van der Waals surface area contributed by atoms with Crippen molar-refractivity contribution >= 4 is 40.0 Å². The lowest BCUT2D eigenvalue weighted by Crippen LogP contribution is -2.42. The van der Waals surface area contributed by atoms with Crippen molar-refractivity contribution in [3.63, 3.8) is 0 Å². The summed E-state index contributed by atoms with van der Waals surface area (Å²) in [5.74, 6) is 0.647. The van der Waals surface area contributed by atoms with Gasteiger partial charge in [-0.1, -0.05) is 12.1 Å². The van der Waals surface area contributed by atoms with Crippen molar-refractivity contribution < 1.29 is 21.9 Å². The zero-order chi connectivity index (χ0) is 21.3. The minimum Gasteiger partial charge on any atom is -0.435 e. The third-order valence-corrected chi connectivity index (χ3v) is 5.23. The summed E-state index contributed by atoms with van der Waals surface area (Å²) >= 11 is 0. The predicted octanol–water partition coefficient (Wildman–Crippen LogP) is 2.29. The molecule has 2 aromatic rings. The van der Waals surface area contributed by atoms with Gasteiger partial charge in [0.15, 0.2) is 5.96 Å². The van der Waals surface area contributed by atoms with Gasteiger partial charge in [-0.25, -0.2) is 13.1 Å². The minimum absolute atomic E-state index is 0. The third-order valence-electron chi connectivity index (χ3n) is 3.79. The molecule has 2 rings (SSSR count). The van der Waals surface area contributed by atoms with Crippen LogP contribution in [-0.4, -0.2) is 58.1 Å². The maximum atomic E-state index is 12.2. The fourth-order valence-electron chi connectivity index (χ4n) is 2.46. The number of aromatic nitrogens is 1. The number of pyridine rings is 1. The summed E-state index contributed by atoms with van der Waals surface area (Å²) in [6, 6.07) is 9.33. The van der Waals surface area contributed by atoms with Crippen molar-refractivity contribution in [1.82, 2.24) is 19.9 Å². The van der Waals surface area contributed by atoms with Crippen LogP contribution in [0.1, 0.15) is 5.56 Å². The zero-order valence-corrected chi connectivity index (χ0v) is 19.6. The van der Waals surface area contributed by atoms with E-state index in [0.717, 1.165) is 5.56 Å². The van der Waals surface area contributed by atoms with Gasteiger partial charge in [0, 0.05) is 46.1 Å². The summed E-state index contributed by atoms with van der Waals surface area (Å²) in [4.78, 5) is 9.87. The molecule has 0 aliphatic rings. The SMILES string of the molecule is CN=C(NCCNS(=O)(=O)c1cccnc1)N(C)Cc1ccc(OC(F)F)cc1.I. The molecule has 0 aliphatic carbocycles. The molecular formula is C18H24F2IN5O3S. The summed E-state index contributed by atoms with van der Waals surface area (Å²) in [7, 11) is -0.204. The number of alkyl halides is 2. The van der Waals surface area contributed by atoms with Gasteiger partial charge in [0.1, 0.15) is 10.6 Å². The van der Waals surface area contributed by atoms with Gasteiger partial charge in [0.25, 0.3) is 0 Å². The normalized spacial score (nSPS) is 11.7. The molecule has 0 saturated carbocycles. The number of hydrogen-bond donors (Lipinski definition) is 2. The van der Waals surface area contributed by atoms with E-state index in [2.05, 4.69) is 24.8 Å². The molecule has 0 spiro atoms. The van der Waals surface area contributed by atoms with E-state index in [-0.39, 0.29) is 41.2 Å². The standard InChI is InChI=1S/C18H23F2N5O3S.HI/c1-21-18(23-10-11-24-29(26,27)16-4-3-9-22-12-16)25(2)13-14-5-7-15(8-6-14)28-17(19)20;/h3-9,12,17,24H,10-11,13H2,1-2H3,(H,21,23);1H. The minimum atomic E-state index is -3.62. The van der Waals surface area contributed by atoms with Crippen LogP contribution in [-0.2, 0) is 16.6 Å². The van der Waals surface area contributed by atoms with Gasteiger partial charge in [0.2, 0.25) is 10.0 Å². The number of benzene rings is 1. The summed E-state index contributed by atoms with van der Waals surface area (Å²) in [6.07, 6.45) is 2.78. The summed E-state index contributed by atoms with van der Waals surface area (Å²) in [5, 5.41) is 3.06. The molecule has 0 radical (unpaired) electrons. The van der Waals surface area contributed by atoms with E-state index in [0.29, 0.717) is 19.0 Å². The molecule has 2 N–H and O–H groups in total. The van der Waals surface area contributed by atoms with E-state index in [4.69, 9.17) is 0 Å². The fourth-order valence-corrected chi connectivity index (χ4v) is 3.45. The highest BCUT2D eigenvalue weighted by molar-refractivity contribution is 14.0. The van der Waals surface area contributed by atoms with Gasteiger partial charge in [-0.15, -0.1) is 24.0 Å². The lowest BCUT2D eigenvalue weighted by atomic mass is 10.2. The third kappa shape index (κ3) is 8.36. The molecule has 0 amide bonds. The molecule has 0 bridgehead atoms. The second-order valence-electron chi connectivity index (χ2n) is 5.94. The smallest absolute Gasteiger partial charge is 0.387 e. The number of halogens is 3. The van der Waals surface area contributed by atoms with Gasteiger partial charge in [0.05, 0.1) is 0 Å². The van der Waals surface area contributed by atoms with E-state index in [9.17, 15) is 17.2 Å². The summed E-state index contributed by atoms with van der Waals surface area (Å²) < 4.78 is 55.5. The molecule has 8 nitrogen and oxygen atoms in total. The van der Waals surface area contributed by atoms with E-state index in [1.165, 1.54) is 30.6 Å². The van der Waals surface area contributed by atoms with E-state index in [1.54, 1.807) is 32.3 Å². The second-order valence-corrected chi connectivity index (χ2v) is 7.71. The predicted molar refractivity (Wildman–Crippen MR) is 121 cm³/mol. The topological polar surface area (TPSA) is 95.9 Å². The van der Waals surface area contributed by atoms with Gasteiger partial charge in [-0.2, -0.15) is 8.78 Å². The first kappa shape index (κ1) is 26.0. The lowest BCUT2D eigenvalue weighted by molar-refractivity contribution is -0.0498. The Balaban J connectivity index is 0.00000450. The Morgan fingerprint density at radius 3 is 2.50 bits per heavy atom. The molecule has 1 aromatic carbocycles. The largest absolute Gasteiger partial charge is 0.435 e. The molecule has 0 aliphatic heterocycles. The van der Waals surface area contributed by atoms with Crippen molar-refractivity contribution in [1.29, 1.82) is 0 Å². The van der Waals surface area contributed by atoms with Crippen LogP contribution in [0.2, 0.25) is 0 Å². The fraction of sp³-hybridized carbons (Fsp3) is 0.333. The van der Waals surface area contributed by atoms with Crippen LogP contribution in [0, 0.1) is 0 Å². The number of nitrogens with zero attached hydrogens (tertiary/aromatic N) is 3. The molecule has 12 heteroatoms. The Labute approximate surface area is 191 Å². The average molecular weight is 555 g/mol. The summed E-state index contributed by atoms with van der Waals surface area (Å²) in [6.45, 7) is -1.92. The van der Waals surface area contributed by atoms with Crippen LogP contribution in [0.5, 0.6) is 5.75 Å². The molecule has 0 atom stereocenters. The molecule has 0 fully saturated rings. The van der Waals surface area contributed by atoms with Gasteiger partial charge >= 0.3 is 6.61 Å². The molecule has 1 heterocycles. The van der Waals surface area contributed by atoms with E-state index < -0.39 is 16.6 Å². The van der Waals surface area contributed by atoms with Crippen molar-refractivity contribution in [2.24, 2.45) is 4.99 Å². The Bertz CT molecular complexity index is 900. The van der Waals surface area contributed by atoms with Gasteiger partial charge < -0.3 is 15.0 Å². The van der Waals surface area contributed by atoms with Crippen molar-refractivity contribution in [3.8, 4) is 5.75 Å². The first-order chi connectivity index (χ1) is 13.8. The number of sulfonamides is 1. The Morgan fingerprint density at radius 2 is 1.93 bits per heavy atom. The van der Waals surface area contributed by atoms with Crippen LogP contribution in [0.3, 0.4) is 0 Å². The molecule has 1 aromatic heterocycles. The van der Waals surface area contributed by atoms with Gasteiger partial charge in [-0.05, 0) is 29.8 Å². The Morgan fingerprint density at radius 1 is 1.23 bits per heavy atom. The van der Waals surface area contributed by atoms with Crippen molar-refractivity contribution in [3.05, 3.63) is 54.4 Å². The van der Waals surface area contributed by atoms with E-state index >= 15 is 0 Å². The van der Waals surface area contributed by atoms with Crippen LogP contribution < -0.4 is 14.8 Å². The number of rotatable bonds is 9. The van der Waals surface area contributed by atoms with Crippen LogP contribution in [0.15, 0.2) is 58.7 Å². The molecule has 0 saturated heterocycles. The second kappa shape index (κ2) is 12.6. The van der Waals surface area contributed by atoms with Crippen LogP contribution >= 0.6 is 24.0 Å². The highest BCUT2D eigenvalue weighted by atomic mass is 127. The number of guanidine groups is 1. The highest BCUT2D eigenvalue weighted by Crippen LogP contribution is 2.15. The Hall–Kier alpha value is -2.06. The van der Waals surface area contributed by atoms with Crippen LogP contribution in [0.25, 0.3) is 0 Å². The molecule has 0 unspecified atom stereocenters. The Kier molecular flexibility index (Phi) is 10.9. The highest BCUT2D eigenvalue weighted by Gasteiger charge is 2.13. The monoisotopic (exact) mass is 555 g/mol. The van der Waals surface area contributed by atoms with Crippen molar-refractivity contribution in [2.75, 3.05) is 27.2 Å². The number of aliphatic imine (C=N–C) groups is 1. The van der Waals surface area contributed by atoms with E-state index in [1.807, 2.05) is 4.90 Å².